The van der Waals surface area contributed by atoms with Crippen molar-refractivity contribution in [2.75, 3.05) is 0 Å². The normalized spacial score (nSPS) is 12.1. The molecule has 0 amide bonds. The monoisotopic (exact) mass is 388 g/mol. The number of imidazole rings is 1. The molecule has 3 nitrogen and oxygen atoms in total. The Morgan fingerprint density at radius 3 is 2.73 bits per heavy atom. The second-order valence-electron chi connectivity index (χ2n) is 6.31. The lowest BCUT2D eigenvalue weighted by molar-refractivity contribution is 0.299. The topological polar surface area (TPSA) is 27.1 Å². The maximum atomic E-state index is 6.27. The van der Waals surface area contributed by atoms with Crippen LogP contribution in [-0.4, -0.2) is 9.55 Å². The van der Waals surface area contributed by atoms with Gasteiger partial charge in [0.25, 0.3) is 0 Å². The van der Waals surface area contributed by atoms with E-state index in [2.05, 4.69) is 28.6 Å². The van der Waals surface area contributed by atoms with Gasteiger partial charge in [0.05, 0.1) is 6.33 Å². The molecule has 1 heterocycles. The van der Waals surface area contributed by atoms with E-state index in [4.69, 9.17) is 27.9 Å². The van der Waals surface area contributed by atoms with Crippen LogP contribution >= 0.6 is 23.2 Å². The molecule has 3 rings (SSSR count). The molecule has 1 aromatic heterocycles. The Bertz CT molecular complexity index is 834. The predicted octanol–water partition coefficient (Wildman–Crippen LogP) is 6.35. The van der Waals surface area contributed by atoms with Gasteiger partial charge >= 0.3 is 0 Å². The molecule has 0 aliphatic heterocycles. The first-order valence-electron chi connectivity index (χ1n) is 8.78. The first-order valence-corrected chi connectivity index (χ1v) is 9.54. The summed E-state index contributed by atoms with van der Waals surface area (Å²) in [5.41, 5.74) is 2.14. The summed E-state index contributed by atoms with van der Waals surface area (Å²) in [4.78, 5) is 4.15. The third kappa shape index (κ3) is 4.80. The van der Waals surface area contributed by atoms with E-state index in [9.17, 15) is 0 Å². The zero-order chi connectivity index (χ0) is 18.4. The van der Waals surface area contributed by atoms with Crippen LogP contribution in [-0.2, 0) is 13.2 Å². The second kappa shape index (κ2) is 9.11. The number of para-hydroxylation sites is 1. The summed E-state index contributed by atoms with van der Waals surface area (Å²) in [5, 5.41) is 1.25. The Balaban J connectivity index is 1.79. The lowest BCUT2D eigenvalue weighted by Gasteiger charge is -2.21. The minimum absolute atomic E-state index is 0.367. The Kier molecular flexibility index (Phi) is 6.59. The van der Waals surface area contributed by atoms with Crippen molar-refractivity contribution < 1.29 is 4.74 Å². The largest absolute Gasteiger partial charge is 0.489 e. The summed E-state index contributed by atoms with van der Waals surface area (Å²) in [7, 11) is 0. The highest BCUT2D eigenvalue weighted by molar-refractivity contribution is 6.35. The van der Waals surface area contributed by atoms with E-state index in [-0.39, 0.29) is 0 Å². The van der Waals surface area contributed by atoms with Crippen LogP contribution in [0.5, 0.6) is 5.75 Å². The number of rotatable bonds is 8. The van der Waals surface area contributed by atoms with E-state index >= 15 is 0 Å². The predicted molar refractivity (Wildman–Crippen MR) is 107 cm³/mol. The standard InChI is InChI=1S/C21H22Cl2N2O/c1-2-5-16(13-25-11-10-24-15-25)19-6-3-4-7-21(19)26-14-17-8-9-18(22)12-20(17)23/h3-4,6-12,15-16H,2,5,13-14H2,1H3. The number of benzene rings is 2. The van der Waals surface area contributed by atoms with Crippen LogP contribution in [0.2, 0.25) is 10.0 Å². The zero-order valence-electron chi connectivity index (χ0n) is 14.7. The molecule has 0 bridgehead atoms. The van der Waals surface area contributed by atoms with Gasteiger partial charge in [-0.25, -0.2) is 4.98 Å². The molecular weight excluding hydrogens is 367 g/mol. The number of hydrogen-bond donors (Lipinski definition) is 0. The molecule has 26 heavy (non-hydrogen) atoms. The first-order chi connectivity index (χ1) is 12.7. The third-order valence-corrected chi connectivity index (χ3v) is 4.97. The molecule has 0 radical (unpaired) electrons. The highest BCUT2D eigenvalue weighted by Gasteiger charge is 2.16. The minimum atomic E-state index is 0.367. The lowest BCUT2D eigenvalue weighted by atomic mass is 9.93. The van der Waals surface area contributed by atoms with Crippen LogP contribution in [0.4, 0.5) is 0 Å². The molecule has 136 valence electrons. The molecule has 0 spiro atoms. The van der Waals surface area contributed by atoms with Crippen LogP contribution < -0.4 is 4.74 Å². The Hall–Kier alpha value is -1.97. The van der Waals surface area contributed by atoms with Gasteiger partial charge in [0, 0.05) is 40.5 Å². The fourth-order valence-electron chi connectivity index (χ4n) is 3.09. The Morgan fingerprint density at radius 1 is 1.15 bits per heavy atom. The van der Waals surface area contributed by atoms with Gasteiger partial charge in [-0.2, -0.15) is 0 Å². The van der Waals surface area contributed by atoms with Crippen molar-refractivity contribution in [3.8, 4) is 5.75 Å². The van der Waals surface area contributed by atoms with Crippen LogP contribution in [0.25, 0.3) is 0 Å². The van der Waals surface area contributed by atoms with Gasteiger partial charge in [0.2, 0.25) is 0 Å². The van der Waals surface area contributed by atoms with Crippen LogP contribution in [0.3, 0.4) is 0 Å². The van der Waals surface area contributed by atoms with E-state index < -0.39 is 0 Å². The van der Waals surface area contributed by atoms with E-state index in [0.717, 1.165) is 30.7 Å². The first kappa shape index (κ1) is 18.8. The van der Waals surface area contributed by atoms with E-state index in [1.165, 1.54) is 5.56 Å². The number of ether oxygens (including phenoxy) is 1. The fourth-order valence-corrected chi connectivity index (χ4v) is 3.55. The molecule has 0 aliphatic rings. The summed E-state index contributed by atoms with van der Waals surface area (Å²) >= 11 is 12.2. The molecule has 2 aromatic carbocycles. The zero-order valence-corrected chi connectivity index (χ0v) is 16.2. The van der Waals surface area contributed by atoms with E-state index in [1.807, 2.05) is 43.0 Å². The molecule has 3 aromatic rings. The van der Waals surface area contributed by atoms with Crippen molar-refractivity contribution in [2.24, 2.45) is 0 Å². The molecule has 0 fully saturated rings. The summed E-state index contributed by atoms with van der Waals surface area (Å²) in [5.74, 6) is 1.27. The molecule has 0 saturated carbocycles. The average Bonchev–Trinajstić information content (AvgIpc) is 3.14. The summed E-state index contributed by atoms with van der Waals surface area (Å²) in [6, 6.07) is 13.7. The quantitative estimate of drug-likeness (QED) is 0.449. The smallest absolute Gasteiger partial charge is 0.123 e. The van der Waals surface area contributed by atoms with Gasteiger partial charge in [-0.15, -0.1) is 0 Å². The van der Waals surface area contributed by atoms with Crippen LogP contribution in [0.1, 0.15) is 36.8 Å². The molecule has 1 atom stereocenters. The van der Waals surface area contributed by atoms with Gasteiger partial charge in [-0.05, 0) is 30.2 Å². The van der Waals surface area contributed by atoms with Crippen molar-refractivity contribution in [2.45, 2.75) is 38.8 Å². The van der Waals surface area contributed by atoms with Gasteiger partial charge < -0.3 is 9.30 Å². The van der Waals surface area contributed by atoms with Gasteiger partial charge in [0.15, 0.2) is 0 Å². The number of nitrogens with zero attached hydrogens (tertiary/aromatic N) is 2. The number of halogens is 2. The molecule has 0 aliphatic carbocycles. The van der Waals surface area contributed by atoms with E-state index in [1.54, 1.807) is 6.07 Å². The third-order valence-electron chi connectivity index (χ3n) is 4.38. The summed E-state index contributed by atoms with van der Waals surface area (Å²) in [6.07, 6.45) is 7.87. The lowest BCUT2D eigenvalue weighted by Crippen LogP contribution is -2.10. The van der Waals surface area contributed by atoms with Crippen molar-refractivity contribution in [1.82, 2.24) is 9.55 Å². The molecule has 5 heteroatoms. The number of aromatic nitrogens is 2. The molecule has 1 unspecified atom stereocenters. The Labute approximate surface area is 164 Å². The van der Waals surface area contributed by atoms with Crippen LogP contribution in [0.15, 0.2) is 61.2 Å². The maximum Gasteiger partial charge on any atom is 0.123 e. The van der Waals surface area contributed by atoms with Crippen LogP contribution in [0, 0.1) is 0 Å². The highest BCUT2D eigenvalue weighted by atomic mass is 35.5. The fraction of sp³-hybridized carbons (Fsp3) is 0.286. The summed E-state index contributed by atoms with van der Waals surface area (Å²) < 4.78 is 8.26. The van der Waals surface area contributed by atoms with Gasteiger partial charge in [-0.1, -0.05) is 60.8 Å². The molecular formula is C21H22Cl2N2O. The number of hydrogen-bond acceptors (Lipinski definition) is 2. The highest BCUT2D eigenvalue weighted by Crippen LogP contribution is 2.32. The molecule has 0 N–H and O–H groups in total. The SMILES string of the molecule is CCCC(Cn1ccnc1)c1ccccc1OCc1ccc(Cl)cc1Cl. The summed E-state index contributed by atoms with van der Waals surface area (Å²) in [6.45, 7) is 3.50. The molecule has 0 saturated heterocycles. The van der Waals surface area contributed by atoms with Crippen molar-refractivity contribution in [3.63, 3.8) is 0 Å². The van der Waals surface area contributed by atoms with Gasteiger partial charge in [0.1, 0.15) is 12.4 Å². The Morgan fingerprint density at radius 2 is 2.00 bits per heavy atom. The van der Waals surface area contributed by atoms with Gasteiger partial charge in [-0.3, -0.25) is 0 Å². The second-order valence-corrected chi connectivity index (χ2v) is 7.15. The average molecular weight is 389 g/mol. The van der Waals surface area contributed by atoms with Crippen molar-refractivity contribution >= 4 is 23.2 Å². The minimum Gasteiger partial charge on any atom is -0.489 e. The van der Waals surface area contributed by atoms with E-state index in [0.29, 0.717) is 22.6 Å². The van der Waals surface area contributed by atoms with Crippen molar-refractivity contribution in [1.29, 1.82) is 0 Å². The van der Waals surface area contributed by atoms with Crippen molar-refractivity contribution in [3.05, 3.63) is 82.4 Å². The maximum absolute atomic E-state index is 6.27.